The minimum atomic E-state index is 0.00609. The number of ether oxygens (including phenoxy) is 2. The van der Waals surface area contributed by atoms with Crippen molar-refractivity contribution in [1.82, 2.24) is 14.9 Å². The van der Waals surface area contributed by atoms with Gasteiger partial charge in [0.2, 0.25) is 0 Å². The molecule has 3 aromatic rings. The van der Waals surface area contributed by atoms with E-state index in [0.717, 1.165) is 52.8 Å². The van der Waals surface area contributed by atoms with Gasteiger partial charge >= 0.3 is 0 Å². The molecule has 0 radical (unpaired) electrons. The van der Waals surface area contributed by atoms with Crippen LogP contribution in [0.1, 0.15) is 18.1 Å². The number of benzene rings is 2. The number of rotatable bonds is 7. The molecule has 33 heavy (non-hydrogen) atoms. The summed E-state index contributed by atoms with van der Waals surface area (Å²) in [5.74, 6) is 2.46. The molecule has 7 heteroatoms. The van der Waals surface area contributed by atoms with Gasteiger partial charge in [-0.2, -0.15) is 0 Å². The number of amides is 1. The smallest absolute Gasteiger partial charge is 0.260 e. The van der Waals surface area contributed by atoms with Crippen molar-refractivity contribution >= 4 is 11.7 Å². The number of carbonyl (C=O) groups is 1. The zero-order valence-corrected chi connectivity index (χ0v) is 19.5. The Labute approximate surface area is 195 Å². The Kier molecular flexibility index (Phi) is 7.07. The molecular weight excluding hydrogens is 416 g/mol. The third-order valence-corrected chi connectivity index (χ3v) is 5.63. The molecule has 2 aromatic carbocycles. The molecule has 0 bridgehead atoms. The van der Waals surface area contributed by atoms with E-state index in [1.54, 1.807) is 6.33 Å². The van der Waals surface area contributed by atoms with Crippen molar-refractivity contribution < 1.29 is 14.3 Å². The van der Waals surface area contributed by atoms with Crippen LogP contribution in [0, 0.1) is 13.8 Å². The number of anilines is 1. The maximum Gasteiger partial charge on any atom is 0.260 e. The topological polar surface area (TPSA) is 67.8 Å². The summed E-state index contributed by atoms with van der Waals surface area (Å²) in [7, 11) is 0. The fourth-order valence-corrected chi connectivity index (χ4v) is 4.00. The molecule has 0 aliphatic carbocycles. The van der Waals surface area contributed by atoms with Gasteiger partial charge in [0.05, 0.1) is 12.3 Å². The molecule has 1 aliphatic rings. The number of aryl methyl sites for hydroxylation is 2. The van der Waals surface area contributed by atoms with Gasteiger partial charge in [-0.3, -0.25) is 4.79 Å². The summed E-state index contributed by atoms with van der Waals surface area (Å²) < 4.78 is 11.3. The summed E-state index contributed by atoms with van der Waals surface area (Å²) in [6.45, 7) is 9.42. The van der Waals surface area contributed by atoms with Crippen molar-refractivity contribution in [2.45, 2.75) is 20.8 Å². The Bertz CT molecular complexity index is 1070. The highest BCUT2D eigenvalue weighted by Crippen LogP contribution is 2.24. The van der Waals surface area contributed by atoms with Crippen molar-refractivity contribution in [3.63, 3.8) is 0 Å². The number of hydrogen-bond acceptors (Lipinski definition) is 6. The van der Waals surface area contributed by atoms with Crippen LogP contribution in [-0.4, -0.2) is 60.2 Å². The van der Waals surface area contributed by atoms with Gasteiger partial charge in [0.1, 0.15) is 23.6 Å². The largest absolute Gasteiger partial charge is 0.494 e. The van der Waals surface area contributed by atoms with Gasteiger partial charge in [-0.1, -0.05) is 6.07 Å². The van der Waals surface area contributed by atoms with Gasteiger partial charge in [-0.25, -0.2) is 9.97 Å². The van der Waals surface area contributed by atoms with Crippen LogP contribution in [0.25, 0.3) is 11.3 Å². The maximum absolute atomic E-state index is 12.6. The first-order valence-electron chi connectivity index (χ1n) is 11.3. The molecule has 1 amide bonds. The Balaban J connectivity index is 1.33. The van der Waals surface area contributed by atoms with Crippen LogP contribution in [0.3, 0.4) is 0 Å². The zero-order chi connectivity index (χ0) is 23.2. The van der Waals surface area contributed by atoms with E-state index in [2.05, 4.69) is 20.9 Å². The van der Waals surface area contributed by atoms with Crippen LogP contribution in [0.15, 0.2) is 54.9 Å². The minimum Gasteiger partial charge on any atom is -0.494 e. The van der Waals surface area contributed by atoms with Crippen LogP contribution >= 0.6 is 0 Å². The van der Waals surface area contributed by atoms with E-state index in [-0.39, 0.29) is 12.5 Å². The predicted molar refractivity (Wildman–Crippen MR) is 129 cm³/mol. The Morgan fingerprint density at radius 3 is 2.24 bits per heavy atom. The van der Waals surface area contributed by atoms with Crippen LogP contribution in [0.5, 0.6) is 11.5 Å². The normalized spacial score (nSPS) is 13.7. The van der Waals surface area contributed by atoms with E-state index in [4.69, 9.17) is 9.47 Å². The van der Waals surface area contributed by atoms with E-state index >= 15 is 0 Å². The van der Waals surface area contributed by atoms with Crippen molar-refractivity contribution in [3.05, 3.63) is 66.0 Å². The molecular formula is C26H30N4O3. The number of aromatic nitrogens is 2. The molecule has 0 atom stereocenters. The predicted octanol–water partition coefficient (Wildman–Crippen LogP) is 3.89. The summed E-state index contributed by atoms with van der Waals surface area (Å²) in [6.07, 6.45) is 1.59. The number of piperazine rings is 1. The minimum absolute atomic E-state index is 0.00609. The van der Waals surface area contributed by atoms with Crippen molar-refractivity contribution in [3.8, 4) is 22.8 Å². The number of carbonyl (C=O) groups excluding carboxylic acids is 1. The Hall–Kier alpha value is -3.61. The second-order valence-electron chi connectivity index (χ2n) is 8.20. The summed E-state index contributed by atoms with van der Waals surface area (Å²) >= 11 is 0. The van der Waals surface area contributed by atoms with Gasteiger partial charge in [0.25, 0.3) is 5.91 Å². The molecule has 1 saturated heterocycles. The lowest BCUT2D eigenvalue weighted by atomic mass is 10.1. The first-order valence-corrected chi connectivity index (χ1v) is 11.3. The lowest BCUT2D eigenvalue weighted by Crippen LogP contribution is -2.50. The van der Waals surface area contributed by atoms with Crippen LogP contribution in [-0.2, 0) is 4.79 Å². The summed E-state index contributed by atoms with van der Waals surface area (Å²) in [6, 6.07) is 15.9. The highest BCUT2D eigenvalue weighted by Gasteiger charge is 2.22. The van der Waals surface area contributed by atoms with Crippen molar-refractivity contribution in [2.24, 2.45) is 0 Å². The van der Waals surface area contributed by atoms with E-state index in [0.29, 0.717) is 19.7 Å². The van der Waals surface area contributed by atoms with Gasteiger partial charge in [0.15, 0.2) is 6.61 Å². The molecule has 2 heterocycles. The fraction of sp³-hybridized carbons (Fsp3) is 0.346. The number of hydrogen-bond donors (Lipinski definition) is 0. The molecule has 1 aromatic heterocycles. The van der Waals surface area contributed by atoms with Crippen LogP contribution < -0.4 is 14.4 Å². The highest BCUT2D eigenvalue weighted by molar-refractivity contribution is 5.78. The molecule has 0 saturated carbocycles. The average Bonchev–Trinajstić information content (AvgIpc) is 2.83. The van der Waals surface area contributed by atoms with Crippen molar-refractivity contribution in [2.75, 3.05) is 44.3 Å². The van der Waals surface area contributed by atoms with Crippen LogP contribution in [0.4, 0.5) is 5.82 Å². The van der Waals surface area contributed by atoms with E-state index in [1.807, 2.05) is 68.1 Å². The highest BCUT2D eigenvalue weighted by atomic mass is 16.5. The first-order chi connectivity index (χ1) is 16.0. The molecule has 7 nitrogen and oxygen atoms in total. The molecule has 1 fully saturated rings. The third kappa shape index (κ3) is 5.80. The molecule has 0 N–H and O–H groups in total. The van der Waals surface area contributed by atoms with Crippen molar-refractivity contribution in [1.29, 1.82) is 0 Å². The molecule has 0 spiro atoms. The number of nitrogens with zero attached hydrogens (tertiary/aromatic N) is 4. The SMILES string of the molecule is CCOc1ccc(-c2cc(N3CCN(C(=O)COc4cc(C)cc(C)c4)CC3)ncn2)cc1. The lowest BCUT2D eigenvalue weighted by molar-refractivity contribution is -0.133. The quantitative estimate of drug-likeness (QED) is 0.549. The molecule has 0 unspecified atom stereocenters. The first kappa shape index (κ1) is 22.6. The van der Waals surface area contributed by atoms with Gasteiger partial charge < -0.3 is 19.3 Å². The summed E-state index contributed by atoms with van der Waals surface area (Å²) in [5, 5.41) is 0. The average molecular weight is 447 g/mol. The van der Waals surface area contributed by atoms with E-state index in [9.17, 15) is 4.79 Å². The van der Waals surface area contributed by atoms with Gasteiger partial charge in [0, 0.05) is 37.8 Å². The second kappa shape index (κ2) is 10.3. The lowest BCUT2D eigenvalue weighted by Gasteiger charge is -2.35. The molecule has 1 aliphatic heterocycles. The standard InChI is InChI=1S/C26H30N4O3/c1-4-32-22-7-5-21(6-8-22)24-16-25(28-18-27-24)29-9-11-30(12-10-29)26(31)17-33-23-14-19(2)13-20(3)15-23/h5-8,13-16,18H,4,9-12,17H2,1-3H3. The summed E-state index contributed by atoms with van der Waals surface area (Å²) in [5.41, 5.74) is 4.13. The fourth-order valence-electron chi connectivity index (χ4n) is 4.00. The second-order valence-corrected chi connectivity index (χ2v) is 8.20. The molecule has 172 valence electrons. The summed E-state index contributed by atoms with van der Waals surface area (Å²) in [4.78, 5) is 25.6. The maximum atomic E-state index is 12.6. The van der Waals surface area contributed by atoms with Crippen LogP contribution in [0.2, 0.25) is 0 Å². The van der Waals surface area contributed by atoms with E-state index < -0.39 is 0 Å². The monoisotopic (exact) mass is 446 g/mol. The van der Waals surface area contributed by atoms with Gasteiger partial charge in [-0.15, -0.1) is 0 Å². The Morgan fingerprint density at radius 1 is 0.879 bits per heavy atom. The third-order valence-electron chi connectivity index (χ3n) is 5.63. The van der Waals surface area contributed by atoms with Gasteiger partial charge in [-0.05, 0) is 68.3 Å². The molecule has 4 rings (SSSR count). The Morgan fingerprint density at radius 2 is 1.58 bits per heavy atom. The van der Waals surface area contributed by atoms with E-state index in [1.165, 1.54) is 0 Å². The zero-order valence-electron chi connectivity index (χ0n) is 19.5.